The highest BCUT2D eigenvalue weighted by molar-refractivity contribution is 5.85. The van der Waals surface area contributed by atoms with Gasteiger partial charge in [0.2, 0.25) is 0 Å². The second kappa shape index (κ2) is 4.07. The maximum atomic E-state index is 4.14. The zero-order valence-corrected chi connectivity index (χ0v) is 9.87. The van der Waals surface area contributed by atoms with Crippen molar-refractivity contribution in [3.63, 3.8) is 0 Å². The maximum Gasteiger partial charge on any atom is 0.155 e. The molecule has 4 nitrogen and oxygen atoms in total. The number of aromatic nitrogens is 3. The smallest absolute Gasteiger partial charge is 0.155 e. The molecule has 1 aliphatic rings. The molecule has 1 aliphatic carbocycles. The predicted molar refractivity (Wildman–Crippen MR) is 74.5 cm³/mol. The van der Waals surface area contributed by atoms with E-state index >= 15 is 0 Å². The van der Waals surface area contributed by atoms with Crippen LogP contribution in [0.5, 0.6) is 0 Å². The number of rotatable bonds is 3. The first-order valence-electron chi connectivity index (χ1n) is 5.66. The normalized spacial score (nSPS) is 15.0. The summed E-state index contributed by atoms with van der Waals surface area (Å²) in [7, 11) is 0. The fourth-order valence-electron chi connectivity index (χ4n) is 2.20. The van der Waals surface area contributed by atoms with E-state index in [9.17, 15) is 0 Å². The van der Waals surface area contributed by atoms with Gasteiger partial charge >= 0.3 is 0 Å². The van der Waals surface area contributed by atoms with Crippen LogP contribution in [0.3, 0.4) is 0 Å². The largest absolute Gasteiger partial charge is 0.268 e. The summed E-state index contributed by atoms with van der Waals surface area (Å²) in [5.74, 6) is 0. The van der Waals surface area contributed by atoms with E-state index in [1.54, 1.807) is 10.8 Å². The quantitative estimate of drug-likeness (QED) is 0.771. The van der Waals surface area contributed by atoms with Crippen LogP contribution < -0.4 is 0 Å². The summed E-state index contributed by atoms with van der Waals surface area (Å²) < 4.78 is 1.76. The van der Waals surface area contributed by atoms with Crippen LogP contribution in [0.2, 0.25) is 0 Å². The van der Waals surface area contributed by atoms with Crippen molar-refractivity contribution in [2.24, 2.45) is 4.99 Å². The van der Waals surface area contributed by atoms with Crippen LogP contribution in [-0.2, 0) is 0 Å². The molecule has 0 N–H and O–H groups in total. The van der Waals surface area contributed by atoms with Crippen molar-refractivity contribution in [3.8, 4) is 0 Å². The van der Waals surface area contributed by atoms with Crippen molar-refractivity contribution >= 4 is 17.9 Å². The minimum Gasteiger partial charge on any atom is -0.268 e. The topological polar surface area (TPSA) is 42.5 Å². The predicted octanol–water partition coefficient (Wildman–Crippen LogP) is 2.90. The standard InChI is InChI=1S/C14H12N4.H2/c1-3-11-12(5-6-13(11)15-2)10-4-7-14-16-9-17-18(14)8-10;/h3-5,7-9H,1-2,6H2;1H. The molecule has 0 saturated heterocycles. The van der Waals surface area contributed by atoms with E-state index in [0.717, 1.165) is 34.5 Å². The lowest BCUT2D eigenvalue weighted by molar-refractivity contribution is 0.958. The van der Waals surface area contributed by atoms with Crippen LogP contribution in [0.4, 0.5) is 0 Å². The van der Waals surface area contributed by atoms with E-state index in [4.69, 9.17) is 0 Å². The van der Waals surface area contributed by atoms with Gasteiger partial charge in [0.25, 0.3) is 0 Å². The van der Waals surface area contributed by atoms with E-state index in [1.807, 2.05) is 24.4 Å². The summed E-state index contributed by atoms with van der Waals surface area (Å²) in [4.78, 5) is 8.17. The zero-order valence-electron chi connectivity index (χ0n) is 9.87. The Balaban J connectivity index is 0.00000133. The first kappa shape index (κ1) is 10.7. The van der Waals surface area contributed by atoms with Crippen molar-refractivity contribution in [2.75, 3.05) is 0 Å². The van der Waals surface area contributed by atoms with E-state index in [0.29, 0.717) is 0 Å². The van der Waals surface area contributed by atoms with Gasteiger partial charge in [0.05, 0.1) is 5.70 Å². The Bertz CT molecular complexity index is 709. The number of fused-ring (bicyclic) bond motifs is 1. The van der Waals surface area contributed by atoms with Gasteiger partial charge in [-0.25, -0.2) is 9.50 Å². The molecule has 0 unspecified atom stereocenters. The number of nitrogens with zero attached hydrogens (tertiary/aromatic N) is 4. The number of hydrogen-bond donors (Lipinski definition) is 0. The average Bonchev–Trinajstić information content (AvgIpc) is 3.03. The van der Waals surface area contributed by atoms with Gasteiger partial charge in [0.15, 0.2) is 5.65 Å². The summed E-state index contributed by atoms with van der Waals surface area (Å²) in [6, 6.07) is 3.98. The van der Waals surface area contributed by atoms with Gasteiger partial charge in [-0.15, -0.1) is 0 Å². The maximum absolute atomic E-state index is 4.14. The second-order valence-electron chi connectivity index (χ2n) is 4.03. The van der Waals surface area contributed by atoms with Crippen molar-refractivity contribution < 1.29 is 1.43 Å². The van der Waals surface area contributed by atoms with Gasteiger partial charge in [0, 0.05) is 25.2 Å². The lowest BCUT2D eigenvalue weighted by Crippen LogP contribution is -1.92. The number of pyridine rings is 1. The molecule has 3 rings (SSSR count). The van der Waals surface area contributed by atoms with E-state index < -0.39 is 0 Å². The minimum atomic E-state index is 0. The zero-order chi connectivity index (χ0) is 12.5. The molecule has 4 heteroatoms. The van der Waals surface area contributed by atoms with Crippen LogP contribution in [0.15, 0.2) is 59.7 Å². The van der Waals surface area contributed by atoms with E-state index in [-0.39, 0.29) is 1.43 Å². The minimum absolute atomic E-state index is 0. The number of allylic oxidation sites excluding steroid dienone is 4. The molecule has 0 atom stereocenters. The van der Waals surface area contributed by atoms with Crippen molar-refractivity contribution in [1.29, 1.82) is 0 Å². The average molecular weight is 238 g/mol. The molecule has 2 heterocycles. The Kier molecular flexibility index (Phi) is 2.41. The van der Waals surface area contributed by atoms with Gasteiger partial charge in [0.1, 0.15) is 6.33 Å². The Morgan fingerprint density at radius 2 is 2.33 bits per heavy atom. The highest BCUT2D eigenvalue weighted by Crippen LogP contribution is 2.34. The van der Waals surface area contributed by atoms with Gasteiger partial charge in [-0.3, -0.25) is 4.99 Å². The molecule has 0 aromatic carbocycles. The highest BCUT2D eigenvalue weighted by Gasteiger charge is 2.16. The van der Waals surface area contributed by atoms with Gasteiger partial charge < -0.3 is 0 Å². The van der Waals surface area contributed by atoms with Crippen molar-refractivity contribution in [3.05, 3.63) is 60.2 Å². The van der Waals surface area contributed by atoms with Gasteiger partial charge in [-0.05, 0) is 24.4 Å². The summed E-state index contributed by atoms with van der Waals surface area (Å²) in [5, 5.41) is 4.14. The van der Waals surface area contributed by atoms with Crippen LogP contribution in [0, 0.1) is 0 Å². The Morgan fingerprint density at radius 3 is 3.11 bits per heavy atom. The van der Waals surface area contributed by atoms with Crippen molar-refractivity contribution in [2.45, 2.75) is 6.42 Å². The second-order valence-corrected chi connectivity index (χ2v) is 4.03. The SMILES string of the molecule is C=CC1=C(N=C)CC=C1c1ccc2ncnn2c1.[HH]. The molecule has 90 valence electrons. The van der Waals surface area contributed by atoms with E-state index in [2.05, 4.69) is 34.4 Å². The Morgan fingerprint density at radius 1 is 1.44 bits per heavy atom. The fraction of sp³-hybridized carbons (Fsp3) is 0.0714. The molecule has 2 aromatic heterocycles. The molecule has 0 radical (unpaired) electrons. The summed E-state index contributed by atoms with van der Waals surface area (Å²) in [5.41, 5.74) is 5.07. The monoisotopic (exact) mass is 238 g/mol. The van der Waals surface area contributed by atoms with Crippen molar-refractivity contribution in [1.82, 2.24) is 14.6 Å². The molecule has 0 fully saturated rings. The molecular weight excluding hydrogens is 224 g/mol. The van der Waals surface area contributed by atoms with Crippen LogP contribution in [0.25, 0.3) is 11.2 Å². The summed E-state index contributed by atoms with van der Waals surface area (Å²) >= 11 is 0. The summed E-state index contributed by atoms with van der Waals surface area (Å²) in [6.45, 7) is 7.44. The molecule has 0 amide bonds. The molecule has 18 heavy (non-hydrogen) atoms. The molecule has 2 aromatic rings. The van der Waals surface area contributed by atoms with Crippen LogP contribution in [-0.4, -0.2) is 21.3 Å². The summed E-state index contributed by atoms with van der Waals surface area (Å²) in [6.07, 6.45) is 8.27. The first-order chi connectivity index (χ1) is 8.83. The number of hydrogen-bond acceptors (Lipinski definition) is 3. The number of aliphatic imine (C=N–C) groups is 1. The van der Waals surface area contributed by atoms with E-state index in [1.165, 1.54) is 0 Å². The molecule has 0 aliphatic heterocycles. The van der Waals surface area contributed by atoms with Crippen LogP contribution in [0.1, 0.15) is 13.4 Å². The van der Waals surface area contributed by atoms with Crippen LogP contribution >= 0.6 is 0 Å². The Labute approximate surface area is 106 Å². The first-order valence-corrected chi connectivity index (χ1v) is 5.66. The molecule has 0 saturated carbocycles. The lowest BCUT2D eigenvalue weighted by Gasteiger charge is -2.06. The third-order valence-corrected chi connectivity index (χ3v) is 3.08. The third kappa shape index (κ3) is 1.50. The van der Waals surface area contributed by atoms with Gasteiger partial charge in [-0.1, -0.05) is 18.7 Å². The lowest BCUT2D eigenvalue weighted by atomic mass is 10.0. The fourth-order valence-corrected chi connectivity index (χ4v) is 2.20. The van der Waals surface area contributed by atoms with Gasteiger partial charge in [-0.2, -0.15) is 5.10 Å². The third-order valence-electron chi connectivity index (χ3n) is 3.08. The Hall–Kier alpha value is -2.49. The molecule has 0 bridgehead atoms. The molecule has 0 spiro atoms. The molecular formula is C14H14N4. The highest BCUT2D eigenvalue weighted by atomic mass is 15.3.